The van der Waals surface area contributed by atoms with E-state index in [1.807, 2.05) is 25.1 Å². The second-order valence-corrected chi connectivity index (χ2v) is 4.87. The van der Waals surface area contributed by atoms with Crippen molar-refractivity contribution in [2.75, 3.05) is 17.2 Å². The maximum Gasteiger partial charge on any atom is 0.323 e. The quantitative estimate of drug-likeness (QED) is 0.835. The van der Waals surface area contributed by atoms with Crippen molar-refractivity contribution in [3.05, 3.63) is 53.6 Å². The molecular formula is C16H17ClN2O2. The van der Waals surface area contributed by atoms with E-state index in [4.69, 9.17) is 16.3 Å². The highest BCUT2D eigenvalue weighted by Crippen LogP contribution is 2.24. The Morgan fingerprint density at radius 2 is 1.81 bits per heavy atom. The van der Waals surface area contributed by atoms with Crippen LogP contribution in [0.2, 0.25) is 5.02 Å². The monoisotopic (exact) mass is 304 g/mol. The summed E-state index contributed by atoms with van der Waals surface area (Å²) in [6.45, 7) is 2.64. The zero-order chi connectivity index (χ0) is 15.1. The minimum Gasteiger partial charge on any atom is -0.491 e. The van der Waals surface area contributed by atoms with Gasteiger partial charge in [-0.05, 0) is 42.8 Å². The van der Waals surface area contributed by atoms with Crippen LogP contribution in [0, 0.1) is 0 Å². The van der Waals surface area contributed by atoms with Crippen LogP contribution in [0.3, 0.4) is 0 Å². The fourth-order valence-corrected chi connectivity index (χ4v) is 1.85. The van der Waals surface area contributed by atoms with E-state index in [0.29, 0.717) is 28.8 Å². The van der Waals surface area contributed by atoms with E-state index in [-0.39, 0.29) is 6.03 Å². The SMILES string of the molecule is CCCOc1ccccc1NC(=O)Nc1ccc(Cl)cc1. The summed E-state index contributed by atoms with van der Waals surface area (Å²) >= 11 is 5.80. The summed E-state index contributed by atoms with van der Waals surface area (Å²) in [6, 6.07) is 13.9. The Bertz CT molecular complexity index is 599. The molecule has 2 amide bonds. The van der Waals surface area contributed by atoms with Crippen molar-refractivity contribution in [1.29, 1.82) is 0 Å². The highest BCUT2D eigenvalue weighted by atomic mass is 35.5. The van der Waals surface area contributed by atoms with E-state index in [9.17, 15) is 4.79 Å². The molecule has 2 N–H and O–H groups in total. The normalized spacial score (nSPS) is 10.0. The predicted octanol–water partition coefficient (Wildman–Crippen LogP) is 4.77. The smallest absolute Gasteiger partial charge is 0.323 e. The number of ether oxygens (including phenoxy) is 1. The number of benzene rings is 2. The molecule has 0 saturated heterocycles. The average Bonchev–Trinajstić information content (AvgIpc) is 2.49. The van der Waals surface area contributed by atoms with Gasteiger partial charge in [-0.15, -0.1) is 0 Å². The molecule has 0 aliphatic rings. The standard InChI is InChI=1S/C16H17ClN2O2/c1-2-11-21-15-6-4-3-5-14(15)19-16(20)18-13-9-7-12(17)8-10-13/h3-10H,2,11H2,1H3,(H2,18,19,20). The van der Waals surface area contributed by atoms with Crippen molar-refractivity contribution in [3.63, 3.8) is 0 Å². The first-order valence-corrected chi connectivity index (χ1v) is 7.12. The lowest BCUT2D eigenvalue weighted by Crippen LogP contribution is -2.19. The topological polar surface area (TPSA) is 50.4 Å². The summed E-state index contributed by atoms with van der Waals surface area (Å²) in [5.74, 6) is 0.658. The van der Waals surface area contributed by atoms with Gasteiger partial charge in [-0.3, -0.25) is 0 Å². The molecule has 0 unspecified atom stereocenters. The van der Waals surface area contributed by atoms with Crippen LogP contribution in [-0.4, -0.2) is 12.6 Å². The summed E-state index contributed by atoms with van der Waals surface area (Å²) in [6.07, 6.45) is 0.908. The third kappa shape index (κ3) is 4.68. The van der Waals surface area contributed by atoms with Gasteiger partial charge in [0.2, 0.25) is 0 Å². The van der Waals surface area contributed by atoms with Crippen LogP contribution < -0.4 is 15.4 Å². The molecule has 0 fully saturated rings. The Kier molecular flexibility index (Phi) is 5.46. The lowest BCUT2D eigenvalue weighted by atomic mass is 10.3. The number of hydrogen-bond donors (Lipinski definition) is 2. The number of nitrogens with one attached hydrogen (secondary N) is 2. The highest BCUT2D eigenvalue weighted by molar-refractivity contribution is 6.30. The van der Waals surface area contributed by atoms with Gasteiger partial charge in [0.05, 0.1) is 12.3 Å². The summed E-state index contributed by atoms with van der Waals surface area (Å²) in [5.41, 5.74) is 1.31. The highest BCUT2D eigenvalue weighted by Gasteiger charge is 2.07. The van der Waals surface area contributed by atoms with Gasteiger partial charge < -0.3 is 15.4 Å². The molecule has 5 heteroatoms. The maximum atomic E-state index is 12.0. The number of carbonyl (C=O) groups is 1. The molecule has 0 saturated carbocycles. The molecule has 0 aliphatic heterocycles. The van der Waals surface area contributed by atoms with Crippen LogP contribution in [0.5, 0.6) is 5.75 Å². The van der Waals surface area contributed by atoms with E-state index < -0.39 is 0 Å². The molecule has 2 aromatic carbocycles. The molecule has 21 heavy (non-hydrogen) atoms. The minimum absolute atomic E-state index is 0.329. The molecule has 110 valence electrons. The van der Waals surface area contributed by atoms with E-state index in [1.165, 1.54) is 0 Å². The van der Waals surface area contributed by atoms with Crippen molar-refractivity contribution >= 4 is 29.0 Å². The largest absolute Gasteiger partial charge is 0.491 e. The summed E-state index contributed by atoms with van der Waals surface area (Å²) in [7, 11) is 0. The average molecular weight is 305 g/mol. The van der Waals surface area contributed by atoms with Crippen molar-refractivity contribution in [2.24, 2.45) is 0 Å². The number of hydrogen-bond acceptors (Lipinski definition) is 2. The van der Waals surface area contributed by atoms with Gasteiger partial charge in [0, 0.05) is 10.7 Å². The molecule has 0 radical (unpaired) electrons. The van der Waals surface area contributed by atoms with Crippen LogP contribution in [-0.2, 0) is 0 Å². The number of urea groups is 1. The second kappa shape index (κ2) is 7.55. The Morgan fingerprint density at radius 3 is 2.52 bits per heavy atom. The van der Waals surface area contributed by atoms with Gasteiger partial charge >= 0.3 is 6.03 Å². The van der Waals surface area contributed by atoms with Gasteiger partial charge in [-0.25, -0.2) is 4.79 Å². The number of halogens is 1. The van der Waals surface area contributed by atoms with Gasteiger partial charge in [-0.2, -0.15) is 0 Å². The molecule has 2 rings (SSSR count). The van der Waals surface area contributed by atoms with Crippen LogP contribution in [0.15, 0.2) is 48.5 Å². The van der Waals surface area contributed by atoms with Gasteiger partial charge in [-0.1, -0.05) is 30.7 Å². The van der Waals surface area contributed by atoms with E-state index in [2.05, 4.69) is 10.6 Å². The molecule has 0 aromatic heterocycles. The number of rotatable bonds is 5. The van der Waals surface area contributed by atoms with E-state index in [1.54, 1.807) is 30.3 Å². The zero-order valence-electron chi connectivity index (χ0n) is 11.7. The maximum absolute atomic E-state index is 12.0. The van der Waals surface area contributed by atoms with Crippen molar-refractivity contribution in [2.45, 2.75) is 13.3 Å². The Labute approximate surface area is 129 Å². The van der Waals surface area contributed by atoms with Crippen LogP contribution in [0.4, 0.5) is 16.2 Å². The van der Waals surface area contributed by atoms with Crippen molar-refractivity contribution in [1.82, 2.24) is 0 Å². The number of para-hydroxylation sites is 2. The summed E-state index contributed by atoms with van der Waals surface area (Å²) in [5, 5.41) is 6.14. The number of anilines is 2. The molecule has 0 aliphatic carbocycles. The lowest BCUT2D eigenvalue weighted by molar-refractivity contribution is 0.262. The predicted molar refractivity (Wildman–Crippen MR) is 86.3 cm³/mol. The van der Waals surface area contributed by atoms with Crippen molar-refractivity contribution in [3.8, 4) is 5.75 Å². The van der Waals surface area contributed by atoms with Crippen LogP contribution in [0.25, 0.3) is 0 Å². The fraction of sp³-hybridized carbons (Fsp3) is 0.188. The first-order valence-electron chi connectivity index (χ1n) is 6.74. The Morgan fingerprint density at radius 1 is 1.10 bits per heavy atom. The Hall–Kier alpha value is -2.20. The molecule has 0 heterocycles. The third-order valence-corrected chi connectivity index (χ3v) is 2.95. The Balaban J connectivity index is 2.00. The molecule has 2 aromatic rings. The third-order valence-electron chi connectivity index (χ3n) is 2.70. The summed E-state index contributed by atoms with van der Waals surface area (Å²) in [4.78, 5) is 12.0. The number of amides is 2. The second-order valence-electron chi connectivity index (χ2n) is 4.43. The van der Waals surface area contributed by atoms with Crippen molar-refractivity contribution < 1.29 is 9.53 Å². The molecule has 0 spiro atoms. The van der Waals surface area contributed by atoms with E-state index in [0.717, 1.165) is 6.42 Å². The van der Waals surface area contributed by atoms with Crippen LogP contribution in [0.1, 0.15) is 13.3 Å². The molecular weight excluding hydrogens is 288 g/mol. The van der Waals surface area contributed by atoms with Gasteiger partial charge in [0.1, 0.15) is 5.75 Å². The van der Waals surface area contributed by atoms with Crippen LogP contribution >= 0.6 is 11.6 Å². The first-order chi connectivity index (χ1) is 10.2. The fourth-order valence-electron chi connectivity index (χ4n) is 1.73. The zero-order valence-corrected chi connectivity index (χ0v) is 12.5. The van der Waals surface area contributed by atoms with Gasteiger partial charge in [0.15, 0.2) is 0 Å². The molecule has 4 nitrogen and oxygen atoms in total. The minimum atomic E-state index is -0.329. The van der Waals surface area contributed by atoms with E-state index >= 15 is 0 Å². The lowest BCUT2D eigenvalue weighted by Gasteiger charge is -2.12. The van der Waals surface area contributed by atoms with Gasteiger partial charge in [0.25, 0.3) is 0 Å². The summed E-state index contributed by atoms with van der Waals surface area (Å²) < 4.78 is 5.59. The molecule has 0 bridgehead atoms. The first kappa shape index (κ1) is 15.2. The number of carbonyl (C=O) groups excluding carboxylic acids is 1. The molecule has 0 atom stereocenters.